The average molecular weight is 261 g/mol. The second-order valence-corrected chi connectivity index (χ2v) is 5.26. The number of carbonyl (C=O) groups excluding carboxylic acids is 1. The van der Waals surface area contributed by atoms with Crippen LogP contribution < -0.4 is 10.1 Å². The van der Waals surface area contributed by atoms with Crippen LogP contribution in [0.5, 0.6) is 5.75 Å². The van der Waals surface area contributed by atoms with Gasteiger partial charge >= 0.3 is 0 Å². The Hall–Kier alpha value is -1.51. The third-order valence-corrected chi connectivity index (χ3v) is 3.64. The average Bonchev–Trinajstić information content (AvgIpc) is 2.79. The summed E-state index contributed by atoms with van der Waals surface area (Å²) >= 11 is 0. The number of aryl methyl sites for hydroxylation is 1. The lowest BCUT2D eigenvalue weighted by molar-refractivity contribution is -0.118. The number of nitrogens with one attached hydrogen (secondary N) is 1. The second-order valence-electron chi connectivity index (χ2n) is 5.26. The summed E-state index contributed by atoms with van der Waals surface area (Å²) < 4.78 is 5.72. The maximum absolute atomic E-state index is 10.9. The quantitative estimate of drug-likeness (QED) is 0.854. The number of hydrogen-bond donors (Lipinski definition) is 1. The topological polar surface area (TPSA) is 38.3 Å². The van der Waals surface area contributed by atoms with Gasteiger partial charge in [0.05, 0.1) is 6.61 Å². The molecule has 0 fully saturated rings. The molecule has 1 heterocycles. The van der Waals surface area contributed by atoms with Crippen molar-refractivity contribution in [3.63, 3.8) is 0 Å². The van der Waals surface area contributed by atoms with E-state index >= 15 is 0 Å². The summed E-state index contributed by atoms with van der Waals surface area (Å²) in [5.74, 6) is 1.48. The molecule has 1 unspecified atom stereocenters. The standard InChI is InChI=1S/C16H23NO2/c1-3-4-5-13-6-7-16-15(10-13)14(11-19-16)8-9-17-12(2)18/h6-7,10,14H,3-5,8-9,11H2,1-2H3,(H,17,18). The van der Waals surface area contributed by atoms with E-state index in [1.165, 1.54) is 24.0 Å². The zero-order valence-electron chi connectivity index (χ0n) is 11.9. The van der Waals surface area contributed by atoms with Crippen LogP contribution in [0.25, 0.3) is 0 Å². The minimum Gasteiger partial charge on any atom is -0.493 e. The fourth-order valence-electron chi connectivity index (χ4n) is 2.53. The summed E-state index contributed by atoms with van der Waals surface area (Å²) in [6, 6.07) is 6.56. The van der Waals surface area contributed by atoms with Crippen LogP contribution >= 0.6 is 0 Å². The number of unbranched alkanes of at least 4 members (excludes halogenated alkanes) is 1. The van der Waals surface area contributed by atoms with E-state index in [1.54, 1.807) is 6.92 Å². The van der Waals surface area contributed by atoms with Gasteiger partial charge in [0.25, 0.3) is 0 Å². The molecule has 0 radical (unpaired) electrons. The van der Waals surface area contributed by atoms with Crippen molar-refractivity contribution < 1.29 is 9.53 Å². The van der Waals surface area contributed by atoms with Gasteiger partial charge in [0.1, 0.15) is 5.75 Å². The van der Waals surface area contributed by atoms with E-state index in [2.05, 4.69) is 30.4 Å². The van der Waals surface area contributed by atoms with E-state index in [0.717, 1.165) is 31.7 Å². The van der Waals surface area contributed by atoms with Crippen LogP contribution in [0.4, 0.5) is 0 Å². The smallest absolute Gasteiger partial charge is 0.216 e. The molecule has 0 aliphatic carbocycles. The molecular formula is C16H23NO2. The summed E-state index contributed by atoms with van der Waals surface area (Å²) in [5.41, 5.74) is 2.72. The Bertz CT molecular complexity index is 442. The number of benzene rings is 1. The molecule has 0 saturated heterocycles. The highest BCUT2D eigenvalue weighted by molar-refractivity contribution is 5.72. The van der Waals surface area contributed by atoms with Crippen LogP contribution in [0.1, 0.15) is 50.2 Å². The first-order valence-electron chi connectivity index (χ1n) is 7.20. The fourth-order valence-corrected chi connectivity index (χ4v) is 2.53. The molecule has 1 aromatic carbocycles. The molecule has 1 N–H and O–H groups in total. The Labute approximate surface area is 115 Å². The van der Waals surface area contributed by atoms with Crippen molar-refractivity contribution in [2.75, 3.05) is 13.2 Å². The van der Waals surface area contributed by atoms with Crippen LogP contribution in [0, 0.1) is 0 Å². The molecule has 3 heteroatoms. The van der Waals surface area contributed by atoms with Gasteiger partial charge in [-0.15, -0.1) is 0 Å². The minimum absolute atomic E-state index is 0.0378. The lowest BCUT2D eigenvalue weighted by atomic mass is 9.95. The van der Waals surface area contributed by atoms with Crippen molar-refractivity contribution in [2.24, 2.45) is 0 Å². The zero-order valence-corrected chi connectivity index (χ0v) is 11.9. The molecule has 1 atom stereocenters. The molecule has 1 aromatic rings. The van der Waals surface area contributed by atoms with Gasteiger partial charge in [0.2, 0.25) is 5.91 Å². The molecule has 0 spiro atoms. The molecule has 19 heavy (non-hydrogen) atoms. The number of fused-ring (bicyclic) bond motifs is 1. The molecular weight excluding hydrogens is 238 g/mol. The highest BCUT2D eigenvalue weighted by Gasteiger charge is 2.23. The van der Waals surface area contributed by atoms with Crippen LogP contribution in [-0.4, -0.2) is 19.1 Å². The highest BCUT2D eigenvalue weighted by Crippen LogP contribution is 2.36. The van der Waals surface area contributed by atoms with Gasteiger partial charge in [-0.3, -0.25) is 4.79 Å². The maximum atomic E-state index is 10.9. The summed E-state index contributed by atoms with van der Waals surface area (Å²) in [7, 11) is 0. The Morgan fingerprint density at radius 3 is 3.05 bits per heavy atom. The zero-order chi connectivity index (χ0) is 13.7. The molecule has 2 rings (SSSR count). The van der Waals surface area contributed by atoms with Crippen molar-refractivity contribution in [3.8, 4) is 5.75 Å². The SMILES string of the molecule is CCCCc1ccc2c(c1)C(CCNC(C)=O)CO2. The number of rotatable bonds is 6. The predicted molar refractivity (Wildman–Crippen MR) is 76.6 cm³/mol. The first-order chi connectivity index (χ1) is 9.20. The first-order valence-corrected chi connectivity index (χ1v) is 7.20. The lowest BCUT2D eigenvalue weighted by Gasteiger charge is -2.10. The maximum Gasteiger partial charge on any atom is 0.216 e. The monoisotopic (exact) mass is 261 g/mol. The van der Waals surface area contributed by atoms with E-state index in [-0.39, 0.29) is 5.91 Å². The van der Waals surface area contributed by atoms with Crippen molar-refractivity contribution >= 4 is 5.91 Å². The van der Waals surface area contributed by atoms with E-state index in [0.29, 0.717) is 5.92 Å². The number of amides is 1. The van der Waals surface area contributed by atoms with Crippen LogP contribution in [0.15, 0.2) is 18.2 Å². The summed E-state index contributed by atoms with van der Waals surface area (Å²) in [6.45, 7) is 5.24. The molecule has 3 nitrogen and oxygen atoms in total. The van der Waals surface area contributed by atoms with Gasteiger partial charge in [-0.05, 0) is 30.9 Å². The number of carbonyl (C=O) groups is 1. The normalized spacial score (nSPS) is 16.8. The summed E-state index contributed by atoms with van der Waals surface area (Å²) in [6.07, 6.45) is 4.54. The summed E-state index contributed by atoms with van der Waals surface area (Å²) in [4.78, 5) is 10.9. The molecule has 0 aromatic heterocycles. The van der Waals surface area contributed by atoms with Crippen molar-refractivity contribution in [1.82, 2.24) is 5.32 Å². The number of hydrogen-bond acceptors (Lipinski definition) is 2. The Morgan fingerprint density at radius 1 is 1.47 bits per heavy atom. The molecule has 104 valence electrons. The first kappa shape index (κ1) is 13.9. The molecule has 1 aliphatic heterocycles. The Kier molecular flexibility index (Phi) is 4.83. The molecule has 1 amide bonds. The van der Waals surface area contributed by atoms with E-state index in [4.69, 9.17) is 4.74 Å². The van der Waals surface area contributed by atoms with E-state index in [1.807, 2.05) is 0 Å². The highest BCUT2D eigenvalue weighted by atomic mass is 16.5. The predicted octanol–water partition coefficient (Wildman–Crippen LogP) is 3.03. The van der Waals surface area contributed by atoms with E-state index < -0.39 is 0 Å². The van der Waals surface area contributed by atoms with Crippen molar-refractivity contribution in [1.29, 1.82) is 0 Å². The third-order valence-electron chi connectivity index (χ3n) is 3.64. The minimum atomic E-state index is 0.0378. The van der Waals surface area contributed by atoms with Crippen molar-refractivity contribution in [2.45, 2.75) is 45.4 Å². The van der Waals surface area contributed by atoms with Gasteiger partial charge in [-0.2, -0.15) is 0 Å². The van der Waals surface area contributed by atoms with Gasteiger partial charge in [0, 0.05) is 24.9 Å². The fraction of sp³-hybridized carbons (Fsp3) is 0.562. The largest absolute Gasteiger partial charge is 0.493 e. The molecule has 0 bridgehead atoms. The van der Waals surface area contributed by atoms with Gasteiger partial charge in [-0.25, -0.2) is 0 Å². The van der Waals surface area contributed by atoms with Gasteiger partial charge in [-0.1, -0.05) is 25.5 Å². The third kappa shape index (κ3) is 3.72. The Morgan fingerprint density at radius 2 is 2.32 bits per heavy atom. The second kappa shape index (κ2) is 6.60. The molecule has 0 saturated carbocycles. The van der Waals surface area contributed by atoms with Crippen LogP contribution in [-0.2, 0) is 11.2 Å². The number of ether oxygens (including phenoxy) is 1. The lowest BCUT2D eigenvalue weighted by Crippen LogP contribution is -2.22. The van der Waals surface area contributed by atoms with Gasteiger partial charge < -0.3 is 10.1 Å². The Balaban J connectivity index is 1.98. The van der Waals surface area contributed by atoms with Crippen LogP contribution in [0.3, 0.4) is 0 Å². The molecule has 1 aliphatic rings. The summed E-state index contributed by atoms with van der Waals surface area (Å²) in [5, 5.41) is 2.86. The van der Waals surface area contributed by atoms with Crippen LogP contribution in [0.2, 0.25) is 0 Å². The van der Waals surface area contributed by atoms with Crippen molar-refractivity contribution in [3.05, 3.63) is 29.3 Å². The van der Waals surface area contributed by atoms with E-state index in [9.17, 15) is 4.79 Å². The van der Waals surface area contributed by atoms with Gasteiger partial charge in [0.15, 0.2) is 0 Å².